The Kier molecular flexibility index (Phi) is 6.45. The number of hydrogen-bond donors (Lipinski definition) is 2. The number of rotatable bonds is 8. The second-order valence-corrected chi connectivity index (χ2v) is 5.98. The average molecular weight is 337 g/mol. The average Bonchev–Trinajstić information content (AvgIpc) is 2.79. The fourth-order valence-corrected chi connectivity index (χ4v) is 2.97. The van der Waals surface area contributed by atoms with E-state index >= 15 is 0 Å². The number of benzene rings is 1. The molecule has 0 bridgehead atoms. The zero-order valence-corrected chi connectivity index (χ0v) is 14.4. The minimum Gasteiger partial charge on any atom is -0.394 e. The van der Waals surface area contributed by atoms with Gasteiger partial charge in [0, 0.05) is 35.5 Å². The number of nitrogens with zero attached hydrogens (tertiary/aromatic N) is 2. The summed E-state index contributed by atoms with van der Waals surface area (Å²) in [6.07, 6.45) is 1.64. The topological polar surface area (TPSA) is 50.1 Å². The molecule has 4 nitrogen and oxygen atoms in total. The molecule has 1 unspecified atom stereocenters. The van der Waals surface area contributed by atoms with Crippen LogP contribution in [0, 0.1) is 25.5 Å². The first kappa shape index (κ1) is 18.5. The molecule has 1 aromatic carbocycles. The standard InChI is InChI=1S/C18H25F2N3O/c1-4-5-18(15-7-6-14(19)10-17(15)20)21-11-16-12(2)22-23(8-9-24)13(16)3/h6-7,10,18,21,24H,4-5,8-9,11H2,1-3H3. The highest BCUT2D eigenvalue weighted by Gasteiger charge is 2.17. The third kappa shape index (κ3) is 4.19. The van der Waals surface area contributed by atoms with Gasteiger partial charge in [-0.15, -0.1) is 0 Å². The van der Waals surface area contributed by atoms with Gasteiger partial charge < -0.3 is 10.4 Å². The van der Waals surface area contributed by atoms with Gasteiger partial charge in [-0.05, 0) is 26.3 Å². The predicted octanol–water partition coefficient (Wildman–Crippen LogP) is 3.40. The van der Waals surface area contributed by atoms with Crippen LogP contribution in [0.3, 0.4) is 0 Å². The molecule has 0 aliphatic carbocycles. The van der Waals surface area contributed by atoms with E-state index in [-0.39, 0.29) is 12.6 Å². The Hall–Kier alpha value is -1.79. The van der Waals surface area contributed by atoms with Crippen molar-refractivity contribution < 1.29 is 13.9 Å². The number of halogens is 2. The van der Waals surface area contributed by atoms with E-state index in [2.05, 4.69) is 10.4 Å². The SMILES string of the molecule is CCCC(NCc1c(C)nn(CCO)c1C)c1ccc(F)cc1F. The van der Waals surface area contributed by atoms with Crippen LogP contribution in [0.4, 0.5) is 8.78 Å². The minimum absolute atomic E-state index is 0.0358. The van der Waals surface area contributed by atoms with Crippen LogP contribution in [0.2, 0.25) is 0 Å². The van der Waals surface area contributed by atoms with Crippen LogP contribution >= 0.6 is 0 Å². The molecule has 0 radical (unpaired) electrons. The Labute approximate surface area is 141 Å². The van der Waals surface area contributed by atoms with Crippen LogP contribution in [0.15, 0.2) is 18.2 Å². The molecule has 1 atom stereocenters. The summed E-state index contributed by atoms with van der Waals surface area (Å²) in [5.41, 5.74) is 3.41. The molecule has 1 heterocycles. The Morgan fingerprint density at radius 3 is 2.67 bits per heavy atom. The highest BCUT2D eigenvalue weighted by atomic mass is 19.1. The van der Waals surface area contributed by atoms with Crippen LogP contribution in [0.25, 0.3) is 0 Å². The van der Waals surface area contributed by atoms with E-state index in [0.717, 1.165) is 35.9 Å². The molecule has 0 aliphatic rings. The molecule has 2 N–H and O–H groups in total. The molecule has 0 fully saturated rings. The lowest BCUT2D eigenvalue weighted by atomic mass is 10.0. The maximum absolute atomic E-state index is 14.1. The van der Waals surface area contributed by atoms with Gasteiger partial charge in [0.2, 0.25) is 0 Å². The maximum Gasteiger partial charge on any atom is 0.130 e. The molecule has 0 amide bonds. The summed E-state index contributed by atoms with van der Waals surface area (Å²) in [5, 5.41) is 16.9. The van der Waals surface area contributed by atoms with E-state index < -0.39 is 11.6 Å². The molecule has 2 aromatic rings. The van der Waals surface area contributed by atoms with E-state index in [1.54, 1.807) is 4.68 Å². The molecule has 2 rings (SSSR count). The van der Waals surface area contributed by atoms with E-state index in [1.165, 1.54) is 12.1 Å². The second-order valence-electron chi connectivity index (χ2n) is 5.98. The molecule has 0 saturated heterocycles. The second kappa shape index (κ2) is 8.35. The van der Waals surface area contributed by atoms with E-state index in [1.807, 2.05) is 20.8 Å². The van der Waals surface area contributed by atoms with Crippen molar-refractivity contribution in [2.75, 3.05) is 6.61 Å². The number of aliphatic hydroxyl groups is 1. The van der Waals surface area contributed by atoms with Crippen molar-refractivity contribution >= 4 is 0 Å². The predicted molar refractivity (Wildman–Crippen MR) is 89.6 cm³/mol. The van der Waals surface area contributed by atoms with Crippen LogP contribution in [0.1, 0.15) is 48.3 Å². The summed E-state index contributed by atoms with van der Waals surface area (Å²) in [7, 11) is 0. The normalized spacial score (nSPS) is 12.6. The Morgan fingerprint density at radius 2 is 2.04 bits per heavy atom. The monoisotopic (exact) mass is 337 g/mol. The van der Waals surface area contributed by atoms with Crippen LogP contribution in [-0.2, 0) is 13.1 Å². The van der Waals surface area contributed by atoms with Gasteiger partial charge in [0.1, 0.15) is 11.6 Å². The lowest BCUT2D eigenvalue weighted by molar-refractivity contribution is 0.267. The molecule has 1 aromatic heterocycles. The molecule has 24 heavy (non-hydrogen) atoms. The smallest absolute Gasteiger partial charge is 0.130 e. The van der Waals surface area contributed by atoms with Crippen molar-refractivity contribution in [3.05, 3.63) is 52.3 Å². The Morgan fingerprint density at radius 1 is 1.29 bits per heavy atom. The number of aromatic nitrogens is 2. The molecule has 0 aliphatic heterocycles. The van der Waals surface area contributed by atoms with Crippen molar-refractivity contribution in [3.63, 3.8) is 0 Å². The summed E-state index contributed by atoms with van der Waals surface area (Å²) in [5.74, 6) is -1.09. The third-order valence-electron chi connectivity index (χ3n) is 4.28. The highest BCUT2D eigenvalue weighted by molar-refractivity contribution is 5.26. The first-order valence-electron chi connectivity index (χ1n) is 8.30. The van der Waals surface area contributed by atoms with Gasteiger partial charge in [0.05, 0.1) is 18.8 Å². The Bertz CT molecular complexity index is 685. The number of aryl methyl sites for hydroxylation is 1. The molecule has 6 heteroatoms. The molecule has 132 valence electrons. The first-order valence-corrected chi connectivity index (χ1v) is 8.30. The quantitative estimate of drug-likeness (QED) is 0.776. The van der Waals surface area contributed by atoms with Crippen LogP contribution in [-0.4, -0.2) is 21.5 Å². The zero-order chi connectivity index (χ0) is 17.7. The lowest BCUT2D eigenvalue weighted by Gasteiger charge is -2.19. The minimum atomic E-state index is -0.566. The van der Waals surface area contributed by atoms with E-state index in [9.17, 15) is 8.78 Å². The summed E-state index contributed by atoms with van der Waals surface area (Å²) >= 11 is 0. The Balaban J connectivity index is 2.17. The lowest BCUT2D eigenvalue weighted by Crippen LogP contribution is -2.22. The number of hydrogen-bond acceptors (Lipinski definition) is 3. The summed E-state index contributed by atoms with van der Waals surface area (Å²) in [6, 6.07) is 3.54. The zero-order valence-electron chi connectivity index (χ0n) is 14.4. The summed E-state index contributed by atoms with van der Waals surface area (Å²) in [6.45, 7) is 6.95. The first-order chi connectivity index (χ1) is 11.5. The van der Waals surface area contributed by atoms with Crippen LogP contribution < -0.4 is 5.32 Å². The van der Waals surface area contributed by atoms with Crippen molar-refractivity contribution in [2.45, 2.75) is 52.7 Å². The molecular formula is C18H25F2N3O. The molecular weight excluding hydrogens is 312 g/mol. The van der Waals surface area contributed by atoms with Gasteiger partial charge >= 0.3 is 0 Å². The van der Waals surface area contributed by atoms with E-state index in [0.29, 0.717) is 18.7 Å². The summed E-state index contributed by atoms with van der Waals surface area (Å²) < 4.78 is 29.0. The third-order valence-corrected chi connectivity index (χ3v) is 4.28. The van der Waals surface area contributed by atoms with Crippen molar-refractivity contribution in [1.29, 1.82) is 0 Å². The van der Waals surface area contributed by atoms with Gasteiger partial charge in [-0.1, -0.05) is 19.4 Å². The van der Waals surface area contributed by atoms with Gasteiger partial charge in [-0.3, -0.25) is 4.68 Å². The maximum atomic E-state index is 14.1. The number of nitrogens with one attached hydrogen (secondary N) is 1. The molecule has 0 saturated carbocycles. The van der Waals surface area contributed by atoms with Crippen molar-refractivity contribution in [2.24, 2.45) is 0 Å². The van der Waals surface area contributed by atoms with Crippen molar-refractivity contribution in [1.82, 2.24) is 15.1 Å². The number of aliphatic hydroxyl groups excluding tert-OH is 1. The largest absolute Gasteiger partial charge is 0.394 e. The van der Waals surface area contributed by atoms with Crippen molar-refractivity contribution in [3.8, 4) is 0 Å². The van der Waals surface area contributed by atoms with Gasteiger partial charge in [-0.2, -0.15) is 5.10 Å². The fourth-order valence-electron chi connectivity index (χ4n) is 2.97. The van der Waals surface area contributed by atoms with E-state index in [4.69, 9.17) is 5.11 Å². The van der Waals surface area contributed by atoms with Gasteiger partial charge in [0.15, 0.2) is 0 Å². The van der Waals surface area contributed by atoms with Gasteiger partial charge in [0.25, 0.3) is 0 Å². The molecule has 0 spiro atoms. The highest BCUT2D eigenvalue weighted by Crippen LogP contribution is 2.24. The fraction of sp³-hybridized carbons (Fsp3) is 0.500. The summed E-state index contributed by atoms with van der Waals surface area (Å²) in [4.78, 5) is 0. The van der Waals surface area contributed by atoms with Gasteiger partial charge in [-0.25, -0.2) is 8.78 Å². The van der Waals surface area contributed by atoms with Crippen LogP contribution in [0.5, 0.6) is 0 Å².